The minimum Gasteiger partial charge on any atom is -0.354 e. The van der Waals surface area contributed by atoms with Crippen LogP contribution in [0, 0.1) is 0 Å². The second-order valence-corrected chi connectivity index (χ2v) is 14.2. The molecule has 1 aliphatic rings. The zero-order valence-corrected chi connectivity index (χ0v) is 30.1. The molecule has 49 heavy (non-hydrogen) atoms. The van der Waals surface area contributed by atoms with Crippen LogP contribution in [0.3, 0.4) is 0 Å². The van der Waals surface area contributed by atoms with Crippen LogP contribution in [0.2, 0.25) is 0 Å². The van der Waals surface area contributed by atoms with Crippen LogP contribution >= 0.6 is 11.3 Å². The van der Waals surface area contributed by atoms with E-state index in [2.05, 4.69) is 41.5 Å². The van der Waals surface area contributed by atoms with Crippen LogP contribution < -0.4 is 11.1 Å². The van der Waals surface area contributed by atoms with Crippen molar-refractivity contribution >= 4 is 39.8 Å². The molecule has 8 nitrogen and oxygen atoms in total. The summed E-state index contributed by atoms with van der Waals surface area (Å²) >= 11 is 1.58. The van der Waals surface area contributed by atoms with E-state index < -0.39 is 12.1 Å². The second kappa shape index (κ2) is 17.1. The number of hydrogen-bond donors (Lipinski definition) is 2. The van der Waals surface area contributed by atoms with E-state index in [1.165, 1.54) is 6.42 Å². The summed E-state index contributed by atoms with van der Waals surface area (Å²) in [5.74, 6) is -0.630. The second-order valence-electron chi connectivity index (χ2n) is 13.2. The summed E-state index contributed by atoms with van der Waals surface area (Å²) in [6.45, 7) is 7.98. The average molecular weight is 682 g/mol. The topological polar surface area (TPSA) is 99.0 Å². The normalized spacial score (nSPS) is 16.6. The van der Waals surface area contributed by atoms with E-state index in [-0.39, 0.29) is 23.8 Å². The Labute approximate surface area is 295 Å². The highest BCUT2D eigenvalue weighted by Crippen LogP contribution is 2.24. The third-order valence-corrected chi connectivity index (χ3v) is 10.8. The first kappa shape index (κ1) is 36.2. The lowest BCUT2D eigenvalue weighted by molar-refractivity contribution is -0.143. The van der Waals surface area contributed by atoms with Crippen molar-refractivity contribution in [3.05, 3.63) is 106 Å². The van der Waals surface area contributed by atoms with Gasteiger partial charge >= 0.3 is 0 Å². The molecule has 3 aromatic carbocycles. The lowest BCUT2D eigenvalue weighted by Crippen LogP contribution is -2.58. The number of likely N-dealkylation sites (N-methyl/N-ethyl adjacent to an activating group) is 2. The molecular weight excluding hydrogens is 631 g/mol. The number of hydrogen-bond acceptors (Lipinski definition) is 6. The van der Waals surface area contributed by atoms with Gasteiger partial charge in [-0.05, 0) is 99.1 Å². The summed E-state index contributed by atoms with van der Waals surface area (Å²) in [7, 11) is 2.14. The highest BCUT2D eigenvalue weighted by Gasteiger charge is 2.38. The average Bonchev–Trinajstić information content (AvgIpc) is 3.79. The quantitative estimate of drug-likeness (QED) is 0.159. The largest absolute Gasteiger partial charge is 0.354 e. The van der Waals surface area contributed by atoms with Crippen LogP contribution in [-0.4, -0.2) is 83.8 Å². The van der Waals surface area contributed by atoms with Gasteiger partial charge < -0.3 is 25.8 Å². The van der Waals surface area contributed by atoms with Crippen molar-refractivity contribution in [2.45, 2.75) is 77.0 Å². The number of likely N-dealkylation sites (tertiary alicyclic amines) is 1. The predicted octanol–water partition coefficient (Wildman–Crippen LogP) is 6.05. The Balaban J connectivity index is 1.48. The molecule has 9 heteroatoms. The fourth-order valence-electron chi connectivity index (χ4n) is 7.05. The molecule has 0 aliphatic carbocycles. The van der Waals surface area contributed by atoms with E-state index in [0.717, 1.165) is 46.2 Å². The first-order valence-corrected chi connectivity index (χ1v) is 18.5. The van der Waals surface area contributed by atoms with E-state index in [9.17, 15) is 14.4 Å². The van der Waals surface area contributed by atoms with E-state index in [1.807, 2.05) is 74.7 Å². The molecule has 0 saturated carbocycles. The van der Waals surface area contributed by atoms with Gasteiger partial charge in [-0.25, -0.2) is 0 Å². The molecule has 1 saturated heterocycles. The van der Waals surface area contributed by atoms with Crippen molar-refractivity contribution in [1.29, 1.82) is 0 Å². The zero-order chi connectivity index (χ0) is 34.9. The van der Waals surface area contributed by atoms with Gasteiger partial charge in [0.15, 0.2) is 0 Å². The summed E-state index contributed by atoms with van der Waals surface area (Å²) < 4.78 is 0. The van der Waals surface area contributed by atoms with Crippen molar-refractivity contribution in [2.75, 3.05) is 33.2 Å². The van der Waals surface area contributed by atoms with Crippen molar-refractivity contribution in [1.82, 2.24) is 20.0 Å². The third kappa shape index (κ3) is 8.95. The number of fused-ring (bicyclic) bond motifs is 1. The van der Waals surface area contributed by atoms with Crippen LogP contribution in [0.25, 0.3) is 10.8 Å². The van der Waals surface area contributed by atoms with Gasteiger partial charge in [-0.1, -0.05) is 60.7 Å². The summed E-state index contributed by atoms with van der Waals surface area (Å²) in [6, 6.07) is 24.3. The monoisotopic (exact) mass is 681 g/mol. The molecule has 1 aliphatic heterocycles. The molecule has 1 aromatic heterocycles. The third-order valence-electron chi connectivity index (χ3n) is 9.89. The van der Waals surface area contributed by atoms with Crippen LogP contribution in [0.15, 0.2) is 84.2 Å². The number of nitrogens with one attached hydrogen (secondary N) is 1. The SMILES string of the molecule is CCN(C(=O)[C@@H](Cc1ccc2ccccc2c1)N(CC)C(=O)c1cccc(C(C)N)c1)C(Cc1cccs1)C(=O)NCCC1CCCN1C. The molecule has 0 bridgehead atoms. The lowest BCUT2D eigenvalue weighted by Gasteiger charge is -2.37. The van der Waals surface area contributed by atoms with Crippen LogP contribution in [0.4, 0.5) is 0 Å². The summed E-state index contributed by atoms with van der Waals surface area (Å²) in [6.07, 6.45) is 3.90. The van der Waals surface area contributed by atoms with Gasteiger partial charge in [0.25, 0.3) is 5.91 Å². The van der Waals surface area contributed by atoms with E-state index in [4.69, 9.17) is 5.73 Å². The van der Waals surface area contributed by atoms with Crippen molar-refractivity contribution < 1.29 is 14.4 Å². The molecule has 3 amide bonds. The Kier molecular flexibility index (Phi) is 12.6. The number of amides is 3. The van der Waals surface area contributed by atoms with Gasteiger partial charge in [-0.15, -0.1) is 11.3 Å². The van der Waals surface area contributed by atoms with Gasteiger partial charge in [-0.3, -0.25) is 14.4 Å². The molecular formula is C40H51N5O3S. The molecule has 3 unspecified atom stereocenters. The minimum absolute atomic E-state index is 0.160. The molecule has 0 spiro atoms. The summed E-state index contributed by atoms with van der Waals surface area (Å²) in [4.78, 5) is 50.1. The van der Waals surface area contributed by atoms with Gasteiger partial charge in [0.2, 0.25) is 11.8 Å². The molecule has 260 valence electrons. The molecule has 5 rings (SSSR count). The van der Waals surface area contributed by atoms with Crippen LogP contribution in [-0.2, 0) is 22.4 Å². The Morgan fingerprint density at radius 3 is 2.37 bits per heavy atom. The maximum atomic E-state index is 15.0. The van der Waals surface area contributed by atoms with Crippen molar-refractivity contribution in [2.24, 2.45) is 5.73 Å². The number of thiophene rings is 1. The first-order valence-electron chi connectivity index (χ1n) is 17.6. The minimum atomic E-state index is -0.830. The van der Waals surface area contributed by atoms with E-state index in [1.54, 1.807) is 27.2 Å². The Morgan fingerprint density at radius 2 is 1.69 bits per heavy atom. The van der Waals surface area contributed by atoms with Crippen LogP contribution in [0.1, 0.15) is 72.4 Å². The molecule has 2 heterocycles. The highest BCUT2D eigenvalue weighted by molar-refractivity contribution is 7.09. The molecule has 1 fully saturated rings. The Hall–Kier alpha value is -4.05. The number of carbonyl (C=O) groups excluding carboxylic acids is 3. The van der Waals surface area contributed by atoms with Gasteiger partial charge in [-0.2, -0.15) is 0 Å². The molecule has 0 radical (unpaired) electrons. The molecule has 3 N–H and O–H groups in total. The summed E-state index contributed by atoms with van der Waals surface area (Å²) in [5, 5.41) is 7.36. The highest BCUT2D eigenvalue weighted by atomic mass is 32.1. The van der Waals surface area contributed by atoms with E-state index >= 15 is 0 Å². The number of nitrogens with two attached hydrogens (primary N) is 1. The van der Waals surface area contributed by atoms with Crippen molar-refractivity contribution in [3.63, 3.8) is 0 Å². The van der Waals surface area contributed by atoms with Gasteiger partial charge in [0.1, 0.15) is 12.1 Å². The smallest absolute Gasteiger partial charge is 0.254 e. The summed E-state index contributed by atoms with van der Waals surface area (Å²) in [5.41, 5.74) is 8.46. The predicted molar refractivity (Wildman–Crippen MR) is 200 cm³/mol. The number of nitrogens with zero attached hydrogens (tertiary/aromatic N) is 3. The van der Waals surface area contributed by atoms with Gasteiger partial charge in [0, 0.05) is 55.0 Å². The first-order chi connectivity index (χ1) is 23.7. The fourth-order valence-corrected chi connectivity index (χ4v) is 7.80. The van der Waals surface area contributed by atoms with Gasteiger partial charge in [0.05, 0.1) is 0 Å². The Bertz CT molecular complexity index is 1710. The number of carbonyl (C=O) groups is 3. The van der Waals surface area contributed by atoms with Crippen LogP contribution in [0.5, 0.6) is 0 Å². The van der Waals surface area contributed by atoms with E-state index in [0.29, 0.717) is 44.1 Å². The maximum absolute atomic E-state index is 15.0. The molecule has 4 atom stereocenters. The van der Waals surface area contributed by atoms with Crippen molar-refractivity contribution in [3.8, 4) is 0 Å². The zero-order valence-electron chi connectivity index (χ0n) is 29.3. The standard InChI is InChI=1S/C40H51N5O3S/c1-5-44(36(27-35-17-11-23-49-35)38(46)42-21-20-34-16-10-22-43(34)4)40(48)37(25-29-18-19-30-12-7-8-13-32(30)24-29)45(6-2)39(47)33-15-9-14-31(26-33)28(3)41/h7-9,11-15,17-19,23-24,26,28,34,36-37H,5-6,10,16,20-22,25,27,41H2,1-4H3,(H,42,46)/t28?,34?,36?,37-/m1/s1. The Morgan fingerprint density at radius 1 is 0.918 bits per heavy atom. The number of benzene rings is 3. The fraction of sp³-hybridized carbons (Fsp3) is 0.425. The molecule has 4 aromatic rings. The number of rotatable bonds is 15. The maximum Gasteiger partial charge on any atom is 0.254 e. The lowest BCUT2D eigenvalue weighted by atomic mass is 9.97.